The van der Waals surface area contributed by atoms with Crippen molar-refractivity contribution in [3.8, 4) is 0 Å². The Kier molecular flexibility index (Phi) is 4.53. The summed E-state index contributed by atoms with van der Waals surface area (Å²) in [5.74, 6) is -1.03. The summed E-state index contributed by atoms with van der Waals surface area (Å²) in [7, 11) is 3.15. The summed E-state index contributed by atoms with van der Waals surface area (Å²) in [6.45, 7) is 3.45. The van der Waals surface area contributed by atoms with Gasteiger partial charge in [0.2, 0.25) is 0 Å². The van der Waals surface area contributed by atoms with Gasteiger partial charge in [-0.25, -0.2) is 9.59 Å². The third kappa shape index (κ3) is 3.47. The van der Waals surface area contributed by atoms with Gasteiger partial charge in [0.25, 0.3) is 0 Å². The molecule has 0 aliphatic rings. The molecule has 5 heteroatoms. The Hall–Kier alpha value is -2.04. The number of amides is 2. The summed E-state index contributed by atoms with van der Waals surface area (Å²) in [5.41, 5.74) is -0.234. The van der Waals surface area contributed by atoms with Gasteiger partial charge in [-0.15, -0.1) is 0 Å². The van der Waals surface area contributed by atoms with E-state index in [-0.39, 0.29) is 6.03 Å². The zero-order valence-electron chi connectivity index (χ0n) is 11.8. The fourth-order valence-corrected chi connectivity index (χ4v) is 1.56. The number of aliphatic carboxylic acids is 1. The Morgan fingerprint density at radius 1 is 1.16 bits per heavy atom. The van der Waals surface area contributed by atoms with Crippen molar-refractivity contribution in [2.24, 2.45) is 0 Å². The minimum atomic E-state index is -1.23. The summed E-state index contributed by atoms with van der Waals surface area (Å²) < 4.78 is 0. The summed E-state index contributed by atoms with van der Waals surface area (Å²) in [6, 6.07) is 9.23. The molecule has 0 heterocycles. The monoisotopic (exact) mass is 264 g/mol. The smallest absolute Gasteiger partial charge is 0.329 e. The van der Waals surface area contributed by atoms with Crippen LogP contribution in [0.4, 0.5) is 4.79 Å². The summed E-state index contributed by atoms with van der Waals surface area (Å²) >= 11 is 0. The molecule has 0 bridgehead atoms. The quantitative estimate of drug-likeness (QED) is 0.905. The molecular weight excluding hydrogens is 244 g/mol. The van der Waals surface area contributed by atoms with Gasteiger partial charge >= 0.3 is 12.0 Å². The Balaban J connectivity index is 2.75. The number of likely N-dealkylation sites (N-methyl/N-ethyl adjacent to an activating group) is 1. The van der Waals surface area contributed by atoms with Crippen molar-refractivity contribution in [2.75, 3.05) is 14.1 Å². The highest BCUT2D eigenvalue weighted by Gasteiger charge is 2.36. The second-order valence-corrected chi connectivity index (χ2v) is 5.05. The number of carboxylic acid groups (broad SMARTS) is 1. The zero-order valence-corrected chi connectivity index (χ0v) is 11.8. The van der Waals surface area contributed by atoms with Gasteiger partial charge in [0.05, 0.1) is 0 Å². The molecule has 2 amide bonds. The highest BCUT2D eigenvalue weighted by molar-refractivity contribution is 5.85. The summed E-state index contributed by atoms with van der Waals surface area (Å²) in [4.78, 5) is 26.1. The molecule has 0 unspecified atom stereocenters. The maximum atomic E-state index is 12.2. The van der Waals surface area contributed by atoms with Crippen LogP contribution in [0.5, 0.6) is 0 Å². The van der Waals surface area contributed by atoms with Crippen LogP contribution in [0.25, 0.3) is 0 Å². The van der Waals surface area contributed by atoms with Crippen molar-refractivity contribution in [3.05, 3.63) is 35.9 Å². The Morgan fingerprint density at radius 2 is 1.68 bits per heavy atom. The average molecular weight is 264 g/mol. The van der Waals surface area contributed by atoms with Crippen molar-refractivity contribution >= 4 is 12.0 Å². The van der Waals surface area contributed by atoms with E-state index >= 15 is 0 Å². The molecular formula is C14H20N2O3. The lowest BCUT2D eigenvalue weighted by molar-refractivity contribution is -0.147. The van der Waals surface area contributed by atoms with Crippen LogP contribution in [0.3, 0.4) is 0 Å². The minimum absolute atomic E-state index is 0.323. The number of hydrogen-bond acceptors (Lipinski definition) is 2. The van der Waals surface area contributed by atoms with Crippen LogP contribution in [-0.2, 0) is 11.3 Å². The molecule has 0 atom stereocenters. The lowest BCUT2D eigenvalue weighted by atomic mass is 10.0. The second kappa shape index (κ2) is 5.73. The number of carboxylic acids is 1. The van der Waals surface area contributed by atoms with E-state index in [0.29, 0.717) is 6.54 Å². The first-order valence-electron chi connectivity index (χ1n) is 6.03. The topological polar surface area (TPSA) is 60.9 Å². The third-order valence-corrected chi connectivity index (χ3v) is 3.24. The number of urea groups is 1. The van der Waals surface area contributed by atoms with Gasteiger partial charge in [-0.1, -0.05) is 30.3 Å². The molecule has 0 saturated heterocycles. The molecule has 1 aromatic carbocycles. The van der Waals surface area contributed by atoms with Crippen LogP contribution in [-0.4, -0.2) is 46.5 Å². The molecule has 0 aliphatic heterocycles. The predicted molar refractivity (Wildman–Crippen MR) is 72.8 cm³/mol. The molecule has 104 valence electrons. The van der Waals surface area contributed by atoms with Crippen LogP contribution in [0.2, 0.25) is 0 Å². The average Bonchev–Trinajstić information content (AvgIpc) is 2.37. The van der Waals surface area contributed by atoms with E-state index in [1.807, 2.05) is 30.3 Å². The molecule has 0 radical (unpaired) electrons. The van der Waals surface area contributed by atoms with Gasteiger partial charge in [0.1, 0.15) is 5.54 Å². The van der Waals surface area contributed by atoms with Gasteiger partial charge < -0.3 is 14.9 Å². The van der Waals surface area contributed by atoms with Gasteiger partial charge in [0, 0.05) is 20.6 Å². The normalized spacial score (nSPS) is 10.9. The van der Waals surface area contributed by atoms with E-state index in [1.165, 1.54) is 30.7 Å². The maximum Gasteiger partial charge on any atom is 0.329 e. The predicted octanol–water partition coefficient (Wildman–Crippen LogP) is 2.03. The first-order valence-corrected chi connectivity index (χ1v) is 6.03. The number of nitrogens with zero attached hydrogens (tertiary/aromatic N) is 2. The van der Waals surface area contributed by atoms with Crippen LogP contribution in [0.15, 0.2) is 30.3 Å². The van der Waals surface area contributed by atoms with Crippen molar-refractivity contribution in [1.82, 2.24) is 9.80 Å². The van der Waals surface area contributed by atoms with E-state index in [0.717, 1.165) is 5.56 Å². The number of carbonyl (C=O) groups excluding carboxylic acids is 1. The minimum Gasteiger partial charge on any atom is -0.480 e. The first kappa shape index (κ1) is 15.0. The second-order valence-electron chi connectivity index (χ2n) is 5.05. The number of benzene rings is 1. The third-order valence-electron chi connectivity index (χ3n) is 3.24. The molecule has 0 aliphatic carbocycles. The first-order chi connectivity index (χ1) is 8.76. The SMILES string of the molecule is CN(Cc1ccccc1)C(=O)N(C)C(C)(C)C(=O)O. The van der Waals surface area contributed by atoms with E-state index in [4.69, 9.17) is 5.11 Å². The Bertz CT molecular complexity index is 457. The fraction of sp³-hybridized carbons (Fsp3) is 0.429. The van der Waals surface area contributed by atoms with Crippen LogP contribution in [0.1, 0.15) is 19.4 Å². The van der Waals surface area contributed by atoms with Crippen LogP contribution in [0, 0.1) is 0 Å². The van der Waals surface area contributed by atoms with Crippen LogP contribution < -0.4 is 0 Å². The lowest BCUT2D eigenvalue weighted by Gasteiger charge is -2.34. The molecule has 0 aromatic heterocycles. The Morgan fingerprint density at radius 3 is 2.16 bits per heavy atom. The highest BCUT2D eigenvalue weighted by Crippen LogP contribution is 2.15. The maximum absolute atomic E-state index is 12.2. The highest BCUT2D eigenvalue weighted by atomic mass is 16.4. The van der Waals surface area contributed by atoms with Crippen molar-refractivity contribution in [2.45, 2.75) is 25.9 Å². The Labute approximate surface area is 113 Å². The summed E-state index contributed by atoms with van der Waals surface area (Å²) in [6.07, 6.45) is 0. The number of carbonyl (C=O) groups is 2. The van der Waals surface area contributed by atoms with Gasteiger partial charge in [0.15, 0.2) is 0 Å². The molecule has 0 fully saturated rings. The van der Waals surface area contributed by atoms with E-state index < -0.39 is 11.5 Å². The van der Waals surface area contributed by atoms with Gasteiger partial charge in [-0.3, -0.25) is 0 Å². The van der Waals surface area contributed by atoms with Gasteiger partial charge in [-0.05, 0) is 19.4 Å². The van der Waals surface area contributed by atoms with Crippen molar-refractivity contribution < 1.29 is 14.7 Å². The largest absolute Gasteiger partial charge is 0.480 e. The standard InChI is InChI=1S/C14H20N2O3/c1-14(2,12(17)18)16(4)13(19)15(3)10-11-8-6-5-7-9-11/h5-9H,10H2,1-4H3,(H,17,18). The van der Waals surface area contributed by atoms with Gasteiger partial charge in [-0.2, -0.15) is 0 Å². The van der Waals surface area contributed by atoms with Crippen molar-refractivity contribution in [3.63, 3.8) is 0 Å². The summed E-state index contributed by atoms with van der Waals surface area (Å²) in [5, 5.41) is 9.12. The van der Waals surface area contributed by atoms with Crippen molar-refractivity contribution in [1.29, 1.82) is 0 Å². The molecule has 19 heavy (non-hydrogen) atoms. The number of rotatable bonds is 4. The molecule has 1 aromatic rings. The van der Waals surface area contributed by atoms with Crippen LogP contribution >= 0.6 is 0 Å². The fourth-order valence-electron chi connectivity index (χ4n) is 1.56. The van der Waals surface area contributed by atoms with E-state index in [2.05, 4.69) is 0 Å². The zero-order chi connectivity index (χ0) is 14.6. The van der Waals surface area contributed by atoms with E-state index in [1.54, 1.807) is 7.05 Å². The molecule has 0 saturated carbocycles. The lowest BCUT2D eigenvalue weighted by Crippen LogP contribution is -2.54. The van der Waals surface area contributed by atoms with E-state index in [9.17, 15) is 9.59 Å². The molecule has 5 nitrogen and oxygen atoms in total. The molecule has 1 rings (SSSR count). The molecule has 1 N–H and O–H groups in total. The molecule has 0 spiro atoms. The number of hydrogen-bond donors (Lipinski definition) is 1.